The van der Waals surface area contributed by atoms with Gasteiger partial charge in [-0.1, -0.05) is 6.92 Å². The molecule has 0 bridgehead atoms. The van der Waals surface area contributed by atoms with E-state index in [-0.39, 0.29) is 6.54 Å². The van der Waals surface area contributed by atoms with E-state index in [0.29, 0.717) is 32.0 Å². The van der Waals surface area contributed by atoms with Crippen molar-refractivity contribution < 1.29 is 18.3 Å². The molecule has 0 radical (unpaired) electrons. The summed E-state index contributed by atoms with van der Waals surface area (Å²) < 4.78 is 27.8. The lowest BCUT2D eigenvalue weighted by Gasteiger charge is -2.27. The Morgan fingerprint density at radius 1 is 1.47 bits per heavy atom. The third-order valence-corrected chi connectivity index (χ3v) is 6.14. The standard InChI is InChI=1S/C12H22N2O4S/c1-3-13(8-10-4-5-10)19(17,18)14-7-6-12(2,9-14)11(15)16/h10H,3-9H2,1-2H3,(H,15,16). The lowest BCUT2D eigenvalue weighted by molar-refractivity contribution is -0.146. The maximum Gasteiger partial charge on any atom is 0.310 e. The summed E-state index contributed by atoms with van der Waals surface area (Å²) in [5.41, 5.74) is -0.952. The monoisotopic (exact) mass is 290 g/mol. The molecule has 2 rings (SSSR count). The van der Waals surface area contributed by atoms with Gasteiger partial charge in [-0.05, 0) is 32.1 Å². The van der Waals surface area contributed by atoms with Gasteiger partial charge in [-0.2, -0.15) is 17.0 Å². The SMILES string of the molecule is CCN(CC1CC1)S(=O)(=O)N1CCC(C)(C(=O)O)C1. The van der Waals surface area contributed by atoms with Crippen molar-refractivity contribution in [3.63, 3.8) is 0 Å². The Morgan fingerprint density at radius 2 is 2.11 bits per heavy atom. The summed E-state index contributed by atoms with van der Waals surface area (Å²) in [5.74, 6) is -0.432. The summed E-state index contributed by atoms with van der Waals surface area (Å²) in [6.45, 7) is 4.82. The summed E-state index contributed by atoms with van der Waals surface area (Å²) in [6.07, 6.45) is 2.57. The third kappa shape index (κ3) is 2.93. The van der Waals surface area contributed by atoms with E-state index in [1.165, 1.54) is 8.61 Å². The number of aliphatic carboxylic acids is 1. The van der Waals surface area contributed by atoms with Gasteiger partial charge in [-0.15, -0.1) is 0 Å². The summed E-state index contributed by atoms with van der Waals surface area (Å²) >= 11 is 0. The zero-order valence-corrected chi connectivity index (χ0v) is 12.3. The lowest BCUT2D eigenvalue weighted by Crippen LogP contribution is -2.45. The zero-order valence-electron chi connectivity index (χ0n) is 11.5. The first-order chi connectivity index (χ1) is 8.79. The van der Waals surface area contributed by atoms with E-state index in [1.54, 1.807) is 6.92 Å². The lowest BCUT2D eigenvalue weighted by atomic mass is 9.90. The molecule has 19 heavy (non-hydrogen) atoms. The zero-order chi connectivity index (χ0) is 14.3. The van der Waals surface area contributed by atoms with Gasteiger partial charge in [0.05, 0.1) is 5.41 Å². The highest BCUT2D eigenvalue weighted by molar-refractivity contribution is 7.86. The largest absolute Gasteiger partial charge is 0.481 e. The Bertz CT molecular complexity index is 460. The van der Waals surface area contributed by atoms with Crippen LogP contribution < -0.4 is 0 Å². The Balaban J connectivity index is 2.09. The fraction of sp³-hybridized carbons (Fsp3) is 0.917. The first kappa shape index (κ1) is 14.7. The van der Waals surface area contributed by atoms with E-state index in [9.17, 15) is 18.3 Å². The number of hydrogen-bond acceptors (Lipinski definition) is 3. The van der Waals surface area contributed by atoms with Crippen LogP contribution in [0.1, 0.15) is 33.1 Å². The Labute approximate surface area is 114 Å². The molecule has 1 aliphatic heterocycles. The highest BCUT2D eigenvalue weighted by Crippen LogP contribution is 2.34. The molecule has 1 saturated heterocycles. The van der Waals surface area contributed by atoms with Gasteiger partial charge in [0.15, 0.2) is 0 Å². The first-order valence-corrected chi connectivity index (χ1v) is 8.18. The molecule has 0 aromatic heterocycles. The van der Waals surface area contributed by atoms with Gasteiger partial charge in [-0.3, -0.25) is 4.79 Å². The van der Waals surface area contributed by atoms with E-state index in [2.05, 4.69) is 0 Å². The first-order valence-electron chi connectivity index (χ1n) is 6.78. The number of carboxylic acid groups (broad SMARTS) is 1. The molecule has 7 heteroatoms. The second kappa shape index (κ2) is 5.03. The normalized spacial score (nSPS) is 29.0. The van der Waals surface area contributed by atoms with Crippen LogP contribution in [0.5, 0.6) is 0 Å². The van der Waals surface area contributed by atoms with Crippen molar-refractivity contribution >= 4 is 16.2 Å². The molecule has 6 nitrogen and oxygen atoms in total. The smallest absolute Gasteiger partial charge is 0.310 e. The molecular formula is C12H22N2O4S. The molecule has 1 N–H and O–H groups in total. The fourth-order valence-electron chi connectivity index (χ4n) is 2.43. The molecule has 1 atom stereocenters. The third-order valence-electron chi connectivity index (χ3n) is 4.12. The van der Waals surface area contributed by atoms with Crippen LogP contribution in [0.15, 0.2) is 0 Å². The number of hydrogen-bond donors (Lipinski definition) is 1. The molecule has 1 unspecified atom stereocenters. The maximum absolute atomic E-state index is 12.5. The van der Waals surface area contributed by atoms with Gasteiger partial charge in [0.1, 0.15) is 0 Å². The second-order valence-electron chi connectivity index (χ2n) is 5.85. The molecule has 2 aliphatic rings. The quantitative estimate of drug-likeness (QED) is 0.783. The van der Waals surface area contributed by atoms with E-state index in [4.69, 9.17) is 0 Å². The summed E-state index contributed by atoms with van der Waals surface area (Å²) in [4.78, 5) is 11.2. The fourth-order valence-corrected chi connectivity index (χ4v) is 4.25. The molecule has 2 fully saturated rings. The summed E-state index contributed by atoms with van der Waals surface area (Å²) in [7, 11) is -3.51. The van der Waals surface area contributed by atoms with Gasteiger partial charge >= 0.3 is 5.97 Å². The van der Waals surface area contributed by atoms with Gasteiger partial charge in [-0.25, -0.2) is 0 Å². The van der Waals surface area contributed by atoms with Crippen molar-refractivity contribution in [1.29, 1.82) is 0 Å². The summed E-state index contributed by atoms with van der Waals surface area (Å²) in [5, 5.41) is 9.17. The number of nitrogens with zero attached hydrogens (tertiary/aromatic N) is 2. The van der Waals surface area contributed by atoms with E-state index >= 15 is 0 Å². The highest BCUT2D eigenvalue weighted by atomic mass is 32.2. The average molecular weight is 290 g/mol. The highest BCUT2D eigenvalue weighted by Gasteiger charge is 2.46. The molecule has 110 valence electrons. The number of carboxylic acids is 1. The maximum atomic E-state index is 12.5. The van der Waals surface area contributed by atoms with Gasteiger partial charge in [0.2, 0.25) is 0 Å². The second-order valence-corrected chi connectivity index (χ2v) is 7.78. The van der Waals surface area contributed by atoms with Crippen molar-refractivity contribution in [2.45, 2.75) is 33.1 Å². The van der Waals surface area contributed by atoms with Crippen molar-refractivity contribution in [2.75, 3.05) is 26.2 Å². The van der Waals surface area contributed by atoms with Crippen LogP contribution in [0.3, 0.4) is 0 Å². The topological polar surface area (TPSA) is 77.9 Å². The van der Waals surface area contributed by atoms with Gasteiger partial charge < -0.3 is 5.11 Å². The molecule has 1 aliphatic carbocycles. The molecule has 1 saturated carbocycles. The molecule has 0 aromatic carbocycles. The van der Waals surface area contributed by atoms with Crippen LogP contribution in [-0.4, -0.2) is 54.3 Å². The molecule has 0 amide bonds. The van der Waals surface area contributed by atoms with Crippen LogP contribution >= 0.6 is 0 Å². The minimum Gasteiger partial charge on any atom is -0.481 e. The van der Waals surface area contributed by atoms with Crippen molar-refractivity contribution in [2.24, 2.45) is 11.3 Å². The number of rotatable bonds is 6. The van der Waals surface area contributed by atoms with Crippen LogP contribution in [-0.2, 0) is 15.0 Å². The minimum absolute atomic E-state index is 0.0752. The van der Waals surface area contributed by atoms with Crippen LogP contribution in [0.2, 0.25) is 0 Å². The van der Waals surface area contributed by atoms with Crippen molar-refractivity contribution in [3.8, 4) is 0 Å². The van der Waals surface area contributed by atoms with Crippen LogP contribution in [0.4, 0.5) is 0 Å². The minimum atomic E-state index is -3.51. The molecule has 0 spiro atoms. The summed E-state index contributed by atoms with van der Waals surface area (Å²) in [6, 6.07) is 0. The van der Waals surface area contributed by atoms with E-state index < -0.39 is 21.6 Å². The molecular weight excluding hydrogens is 268 g/mol. The predicted octanol–water partition coefficient (Wildman–Crippen LogP) is 0.760. The Kier molecular flexibility index (Phi) is 3.90. The van der Waals surface area contributed by atoms with Crippen LogP contribution in [0.25, 0.3) is 0 Å². The Morgan fingerprint density at radius 3 is 2.53 bits per heavy atom. The molecule has 0 aromatic rings. The van der Waals surface area contributed by atoms with Crippen molar-refractivity contribution in [3.05, 3.63) is 0 Å². The van der Waals surface area contributed by atoms with Crippen molar-refractivity contribution in [1.82, 2.24) is 8.61 Å². The van der Waals surface area contributed by atoms with Gasteiger partial charge in [0.25, 0.3) is 10.2 Å². The number of carbonyl (C=O) groups is 1. The van der Waals surface area contributed by atoms with E-state index in [1.807, 2.05) is 6.92 Å². The van der Waals surface area contributed by atoms with Gasteiger partial charge in [0, 0.05) is 26.2 Å². The van der Waals surface area contributed by atoms with Crippen LogP contribution in [0, 0.1) is 11.3 Å². The molecule has 1 heterocycles. The predicted molar refractivity (Wildman–Crippen MR) is 70.8 cm³/mol. The Hall–Kier alpha value is -0.660. The van der Waals surface area contributed by atoms with E-state index in [0.717, 1.165) is 12.8 Å². The average Bonchev–Trinajstić information content (AvgIpc) is 3.06.